The molecule has 4 rings (SSSR count). The average molecular weight is 321 g/mol. The summed E-state index contributed by atoms with van der Waals surface area (Å²) in [6.07, 6.45) is 6.18. The summed E-state index contributed by atoms with van der Waals surface area (Å²) in [6.45, 7) is 0.104. The minimum atomic E-state index is -0.0394. The first-order valence-electron chi connectivity index (χ1n) is 8.74. The number of hydrogen-bond acceptors (Lipinski definition) is 2. The van der Waals surface area contributed by atoms with Crippen LogP contribution in [-0.2, 0) is 11.2 Å². The van der Waals surface area contributed by atoms with Gasteiger partial charge in [0, 0.05) is 11.6 Å². The molecule has 1 fully saturated rings. The first-order valence-corrected chi connectivity index (χ1v) is 8.74. The van der Waals surface area contributed by atoms with Crippen LogP contribution < -0.4 is 0 Å². The summed E-state index contributed by atoms with van der Waals surface area (Å²) in [7, 11) is 0. The third kappa shape index (κ3) is 2.97. The van der Waals surface area contributed by atoms with Crippen LogP contribution in [0.2, 0.25) is 0 Å². The molecule has 1 aliphatic rings. The van der Waals surface area contributed by atoms with Crippen LogP contribution in [0.25, 0.3) is 10.9 Å². The molecule has 3 nitrogen and oxygen atoms in total. The first kappa shape index (κ1) is 15.4. The van der Waals surface area contributed by atoms with Gasteiger partial charge in [-0.2, -0.15) is 0 Å². The maximum atomic E-state index is 9.43. The zero-order chi connectivity index (χ0) is 16.4. The van der Waals surface area contributed by atoms with Gasteiger partial charge in [0.05, 0.1) is 18.2 Å². The fraction of sp³-hybridized carbons (Fsp3) is 0.333. The van der Waals surface area contributed by atoms with Crippen LogP contribution in [0.4, 0.5) is 0 Å². The Hall–Kier alpha value is -2.10. The molecule has 24 heavy (non-hydrogen) atoms. The molecule has 2 heterocycles. The van der Waals surface area contributed by atoms with E-state index >= 15 is 0 Å². The SMILES string of the molecule is OC[C@@H]1CCC[C@H](n2cc(Cc3ccccc3)c3ccccc32)O1. The lowest BCUT2D eigenvalue weighted by molar-refractivity contribution is -0.105. The van der Waals surface area contributed by atoms with Gasteiger partial charge in [-0.15, -0.1) is 0 Å². The lowest BCUT2D eigenvalue weighted by Gasteiger charge is -2.30. The van der Waals surface area contributed by atoms with Crippen LogP contribution >= 0.6 is 0 Å². The van der Waals surface area contributed by atoms with Gasteiger partial charge in [0.25, 0.3) is 0 Å². The summed E-state index contributed by atoms with van der Waals surface area (Å²) in [5.41, 5.74) is 3.86. The topological polar surface area (TPSA) is 34.4 Å². The Bertz CT molecular complexity index is 809. The fourth-order valence-electron chi connectivity index (χ4n) is 3.69. The minimum Gasteiger partial charge on any atom is -0.394 e. The van der Waals surface area contributed by atoms with E-state index < -0.39 is 0 Å². The lowest BCUT2D eigenvalue weighted by Crippen LogP contribution is -2.28. The van der Waals surface area contributed by atoms with Crippen molar-refractivity contribution in [3.05, 3.63) is 71.9 Å². The molecular weight excluding hydrogens is 298 g/mol. The van der Waals surface area contributed by atoms with Crippen molar-refractivity contribution in [3.8, 4) is 0 Å². The van der Waals surface area contributed by atoms with E-state index in [1.165, 1.54) is 22.0 Å². The smallest absolute Gasteiger partial charge is 0.134 e. The zero-order valence-corrected chi connectivity index (χ0v) is 13.8. The van der Waals surface area contributed by atoms with E-state index in [-0.39, 0.29) is 18.9 Å². The van der Waals surface area contributed by atoms with Gasteiger partial charge >= 0.3 is 0 Å². The maximum Gasteiger partial charge on any atom is 0.134 e. The quantitative estimate of drug-likeness (QED) is 0.778. The van der Waals surface area contributed by atoms with Crippen LogP contribution in [-0.4, -0.2) is 22.4 Å². The normalized spacial score (nSPS) is 21.2. The maximum absolute atomic E-state index is 9.43. The highest BCUT2D eigenvalue weighted by Gasteiger charge is 2.24. The minimum absolute atomic E-state index is 0.0188. The number of ether oxygens (including phenoxy) is 1. The molecule has 0 aliphatic carbocycles. The van der Waals surface area contributed by atoms with Crippen molar-refractivity contribution in [2.45, 2.75) is 38.0 Å². The summed E-state index contributed by atoms with van der Waals surface area (Å²) < 4.78 is 8.37. The number of aromatic nitrogens is 1. The molecule has 0 unspecified atom stereocenters. The summed E-state index contributed by atoms with van der Waals surface area (Å²) in [5, 5.41) is 10.7. The molecule has 0 saturated carbocycles. The standard InChI is InChI=1S/C21H23NO2/c23-15-18-9-6-12-21(24-18)22-14-17(13-16-7-2-1-3-8-16)19-10-4-5-11-20(19)22/h1-5,7-8,10-11,14,18,21,23H,6,9,12-13,15H2/t18-,21+/m0/s1. The van der Waals surface area contributed by atoms with Crippen LogP contribution in [0, 0.1) is 0 Å². The van der Waals surface area contributed by atoms with Crippen molar-refractivity contribution in [1.82, 2.24) is 4.57 Å². The molecule has 0 spiro atoms. The van der Waals surface area contributed by atoms with Gasteiger partial charge in [-0.05, 0) is 42.9 Å². The van der Waals surface area contributed by atoms with Crippen molar-refractivity contribution in [2.24, 2.45) is 0 Å². The number of aliphatic hydroxyl groups is 1. The highest BCUT2D eigenvalue weighted by atomic mass is 16.5. The second-order valence-corrected chi connectivity index (χ2v) is 6.57. The van der Waals surface area contributed by atoms with Crippen LogP contribution in [0.5, 0.6) is 0 Å². The third-order valence-corrected chi connectivity index (χ3v) is 4.90. The summed E-state index contributed by atoms with van der Waals surface area (Å²) in [5.74, 6) is 0. The molecule has 1 saturated heterocycles. The van der Waals surface area contributed by atoms with Gasteiger partial charge in [-0.1, -0.05) is 48.5 Å². The van der Waals surface area contributed by atoms with Crippen LogP contribution in [0.15, 0.2) is 60.8 Å². The van der Waals surface area contributed by atoms with Gasteiger partial charge in [0.1, 0.15) is 6.23 Å². The lowest BCUT2D eigenvalue weighted by atomic mass is 10.0. The highest BCUT2D eigenvalue weighted by Crippen LogP contribution is 2.33. The van der Waals surface area contributed by atoms with E-state index in [0.29, 0.717) is 0 Å². The Kier molecular flexibility index (Phi) is 4.37. The number of fused-ring (bicyclic) bond motifs is 1. The molecule has 0 bridgehead atoms. The first-order chi connectivity index (χ1) is 11.8. The van der Waals surface area contributed by atoms with E-state index in [2.05, 4.69) is 65.4 Å². The fourth-order valence-corrected chi connectivity index (χ4v) is 3.69. The number of hydrogen-bond donors (Lipinski definition) is 1. The van der Waals surface area contributed by atoms with E-state index in [1.54, 1.807) is 0 Å². The summed E-state index contributed by atoms with van der Waals surface area (Å²) in [4.78, 5) is 0. The number of nitrogens with zero attached hydrogens (tertiary/aromatic N) is 1. The van der Waals surface area contributed by atoms with Crippen molar-refractivity contribution in [1.29, 1.82) is 0 Å². The largest absolute Gasteiger partial charge is 0.394 e. The van der Waals surface area contributed by atoms with Crippen LogP contribution in [0.1, 0.15) is 36.6 Å². The molecule has 1 N–H and O–H groups in total. The monoisotopic (exact) mass is 321 g/mol. The summed E-state index contributed by atoms with van der Waals surface area (Å²) >= 11 is 0. The molecule has 2 aromatic carbocycles. The van der Waals surface area contributed by atoms with E-state index in [1.807, 2.05) is 0 Å². The summed E-state index contributed by atoms with van der Waals surface area (Å²) in [6, 6.07) is 19.1. The Labute approximate surface area is 142 Å². The second kappa shape index (κ2) is 6.80. The molecule has 1 aliphatic heterocycles. The molecule has 0 radical (unpaired) electrons. The number of aliphatic hydroxyl groups excluding tert-OH is 1. The molecule has 124 valence electrons. The Balaban J connectivity index is 1.71. The van der Waals surface area contributed by atoms with Crippen molar-refractivity contribution in [3.63, 3.8) is 0 Å². The van der Waals surface area contributed by atoms with Gasteiger partial charge in [-0.3, -0.25) is 0 Å². The van der Waals surface area contributed by atoms with E-state index in [4.69, 9.17) is 4.74 Å². The highest BCUT2D eigenvalue weighted by molar-refractivity contribution is 5.84. The average Bonchev–Trinajstić information content (AvgIpc) is 3.01. The van der Waals surface area contributed by atoms with Crippen molar-refractivity contribution in [2.75, 3.05) is 6.61 Å². The Morgan fingerprint density at radius 3 is 2.62 bits per heavy atom. The Morgan fingerprint density at radius 1 is 1.00 bits per heavy atom. The van der Waals surface area contributed by atoms with Crippen molar-refractivity contribution < 1.29 is 9.84 Å². The Morgan fingerprint density at radius 2 is 1.79 bits per heavy atom. The number of para-hydroxylation sites is 1. The molecule has 1 aromatic heterocycles. The predicted molar refractivity (Wildman–Crippen MR) is 96.0 cm³/mol. The molecule has 2 atom stereocenters. The zero-order valence-electron chi connectivity index (χ0n) is 13.8. The molecule has 3 heteroatoms. The van der Waals surface area contributed by atoms with Gasteiger partial charge in [-0.25, -0.2) is 0 Å². The molecule has 0 amide bonds. The van der Waals surface area contributed by atoms with Gasteiger partial charge < -0.3 is 14.4 Å². The van der Waals surface area contributed by atoms with E-state index in [0.717, 1.165) is 25.7 Å². The third-order valence-electron chi connectivity index (χ3n) is 4.90. The number of benzene rings is 2. The second-order valence-electron chi connectivity index (χ2n) is 6.57. The van der Waals surface area contributed by atoms with Gasteiger partial charge in [0.15, 0.2) is 0 Å². The predicted octanol–water partition coefficient (Wildman–Crippen LogP) is 4.29. The van der Waals surface area contributed by atoms with E-state index in [9.17, 15) is 5.11 Å². The molecule has 3 aromatic rings. The van der Waals surface area contributed by atoms with Gasteiger partial charge in [0.2, 0.25) is 0 Å². The number of rotatable bonds is 4. The molecular formula is C21H23NO2. The van der Waals surface area contributed by atoms with Crippen molar-refractivity contribution >= 4 is 10.9 Å². The van der Waals surface area contributed by atoms with Crippen LogP contribution in [0.3, 0.4) is 0 Å².